The Kier molecular flexibility index (Phi) is 5.52. The van der Waals surface area contributed by atoms with Gasteiger partial charge in [-0.15, -0.1) is 0 Å². The molecule has 1 aliphatic carbocycles. The minimum atomic E-state index is 0.541. The van der Waals surface area contributed by atoms with E-state index in [2.05, 4.69) is 23.1 Å². The SMILES string of the molecule is CCOc1c(N)nsc1N(CCC(C)C)C1CCCC1. The number of nitrogen functional groups attached to an aromatic ring is 1. The summed E-state index contributed by atoms with van der Waals surface area (Å²) in [4.78, 5) is 2.51. The van der Waals surface area contributed by atoms with Gasteiger partial charge in [0.05, 0.1) is 6.61 Å². The zero-order valence-corrected chi connectivity index (χ0v) is 13.7. The molecular formula is C15H27N3OS. The molecule has 1 heterocycles. The van der Waals surface area contributed by atoms with Gasteiger partial charge in [-0.25, -0.2) is 0 Å². The van der Waals surface area contributed by atoms with E-state index in [0.29, 0.717) is 24.4 Å². The van der Waals surface area contributed by atoms with Crippen molar-refractivity contribution >= 4 is 22.4 Å². The van der Waals surface area contributed by atoms with Gasteiger partial charge in [0.25, 0.3) is 0 Å². The summed E-state index contributed by atoms with van der Waals surface area (Å²) >= 11 is 1.49. The number of aromatic nitrogens is 1. The van der Waals surface area contributed by atoms with Crippen LogP contribution in [0.4, 0.5) is 10.8 Å². The molecular weight excluding hydrogens is 270 g/mol. The predicted octanol–water partition coefficient (Wildman–Crippen LogP) is 3.92. The summed E-state index contributed by atoms with van der Waals surface area (Å²) in [6.45, 7) is 8.26. The van der Waals surface area contributed by atoms with Crippen molar-refractivity contribution < 1.29 is 4.74 Å². The highest BCUT2D eigenvalue weighted by Gasteiger charge is 2.28. The lowest BCUT2D eigenvalue weighted by atomic mass is 10.1. The molecule has 2 rings (SSSR count). The van der Waals surface area contributed by atoms with Crippen molar-refractivity contribution in [2.75, 3.05) is 23.8 Å². The van der Waals surface area contributed by atoms with E-state index in [1.807, 2.05) is 6.92 Å². The van der Waals surface area contributed by atoms with Gasteiger partial charge in [0.2, 0.25) is 0 Å². The number of anilines is 2. The maximum atomic E-state index is 5.97. The Morgan fingerprint density at radius 3 is 2.70 bits per heavy atom. The van der Waals surface area contributed by atoms with Crippen molar-refractivity contribution in [2.45, 2.75) is 58.9 Å². The van der Waals surface area contributed by atoms with Gasteiger partial charge in [0.15, 0.2) is 16.6 Å². The molecule has 1 saturated carbocycles. The maximum Gasteiger partial charge on any atom is 0.197 e. The first-order valence-corrected chi connectivity index (χ1v) is 8.55. The zero-order valence-electron chi connectivity index (χ0n) is 12.9. The third kappa shape index (κ3) is 3.57. The molecule has 114 valence electrons. The second-order valence-electron chi connectivity index (χ2n) is 5.95. The summed E-state index contributed by atoms with van der Waals surface area (Å²) in [7, 11) is 0. The van der Waals surface area contributed by atoms with Gasteiger partial charge in [0, 0.05) is 12.6 Å². The van der Waals surface area contributed by atoms with Crippen LogP contribution in [0.15, 0.2) is 0 Å². The van der Waals surface area contributed by atoms with E-state index in [0.717, 1.165) is 17.3 Å². The molecule has 0 atom stereocenters. The molecule has 4 nitrogen and oxygen atoms in total. The monoisotopic (exact) mass is 297 g/mol. The molecule has 2 N–H and O–H groups in total. The Balaban J connectivity index is 2.20. The van der Waals surface area contributed by atoms with Crippen molar-refractivity contribution in [2.24, 2.45) is 5.92 Å². The summed E-state index contributed by atoms with van der Waals surface area (Å²) in [6.07, 6.45) is 6.42. The van der Waals surface area contributed by atoms with Crippen LogP contribution < -0.4 is 15.4 Å². The molecule has 0 unspecified atom stereocenters. The van der Waals surface area contributed by atoms with E-state index >= 15 is 0 Å². The fourth-order valence-corrected chi connectivity index (χ4v) is 3.67. The molecule has 20 heavy (non-hydrogen) atoms. The molecule has 0 amide bonds. The zero-order chi connectivity index (χ0) is 14.5. The molecule has 1 aliphatic rings. The molecule has 1 aromatic heterocycles. The lowest BCUT2D eigenvalue weighted by Gasteiger charge is -2.30. The van der Waals surface area contributed by atoms with Crippen molar-refractivity contribution in [1.82, 2.24) is 4.37 Å². The Labute approximate surface area is 126 Å². The number of hydrogen-bond acceptors (Lipinski definition) is 5. The lowest BCUT2D eigenvalue weighted by molar-refractivity contribution is 0.342. The van der Waals surface area contributed by atoms with Gasteiger partial charge in [0.1, 0.15) is 0 Å². The van der Waals surface area contributed by atoms with Crippen LogP contribution in [0.3, 0.4) is 0 Å². The quantitative estimate of drug-likeness (QED) is 0.828. The summed E-state index contributed by atoms with van der Waals surface area (Å²) in [5.74, 6) is 2.05. The van der Waals surface area contributed by atoms with Gasteiger partial charge < -0.3 is 15.4 Å². The van der Waals surface area contributed by atoms with Crippen LogP contribution in [0.2, 0.25) is 0 Å². The fourth-order valence-electron chi connectivity index (χ4n) is 2.81. The molecule has 0 spiro atoms. The summed E-state index contributed by atoms with van der Waals surface area (Å²) < 4.78 is 10.0. The Hall–Kier alpha value is -0.970. The number of hydrogen-bond donors (Lipinski definition) is 1. The molecule has 0 saturated heterocycles. The van der Waals surface area contributed by atoms with Gasteiger partial charge >= 0.3 is 0 Å². The molecule has 0 radical (unpaired) electrons. The molecule has 5 heteroatoms. The van der Waals surface area contributed by atoms with Crippen LogP contribution in [0.25, 0.3) is 0 Å². The Bertz CT molecular complexity index is 413. The highest BCUT2D eigenvalue weighted by Crippen LogP contribution is 2.41. The van der Waals surface area contributed by atoms with E-state index in [-0.39, 0.29) is 0 Å². The molecule has 1 fully saturated rings. The van der Waals surface area contributed by atoms with E-state index in [1.165, 1.54) is 43.6 Å². The summed E-state index contributed by atoms with van der Waals surface area (Å²) in [5.41, 5.74) is 5.97. The largest absolute Gasteiger partial charge is 0.487 e. The van der Waals surface area contributed by atoms with Gasteiger partial charge in [-0.05, 0) is 43.6 Å². The maximum absolute atomic E-state index is 5.97. The second kappa shape index (κ2) is 7.16. The van der Waals surface area contributed by atoms with Crippen LogP contribution in [-0.4, -0.2) is 23.6 Å². The van der Waals surface area contributed by atoms with Gasteiger partial charge in [-0.2, -0.15) is 4.37 Å². The lowest BCUT2D eigenvalue weighted by Crippen LogP contribution is -2.34. The molecule has 0 bridgehead atoms. The average Bonchev–Trinajstić information content (AvgIpc) is 3.03. The highest BCUT2D eigenvalue weighted by atomic mass is 32.1. The Morgan fingerprint density at radius 2 is 2.10 bits per heavy atom. The topological polar surface area (TPSA) is 51.4 Å². The van der Waals surface area contributed by atoms with Crippen molar-refractivity contribution in [1.29, 1.82) is 0 Å². The number of ether oxygens (including phenoxy) is 1. The van der Waals surface area contributed by atoms with Crippen molar-refractivity contribution in [3.8, 4) is 5.75 Å². The molecule has 1 aromatic rings. The van der Waals surface area contributed by atoms with E-state index < -0.39 is 0 Å². The van der Waals surface area contributed by atoms with Crippen LogP contribution in [0, 0.1) is 5.92 Å². The highest BCUT2D eigenvalue weighted by molar-refractivity contribution is 7.11. The predicted molar refractivity (Wildman–Crippen MR) is 86.8 cm³/mol. The first-order chi connectivity index (χ1) is 9.63. The van der Waals surface area contributed by atoms with Crippen LogP contribution in [-0.2, 0) is 0 Å². The van der Waals surface area contributed by atoms with Gasteiger partial charge in [-0.1, -0.05) is 26.7 Å². The first-order valence-electron chi connectivity index (χ1n) is 7.78. The average molecular weight is 297 g/mol. The van der Waals surface area contributed by atoms with Crippen LogP contribution in [0.5, 0.6) is 5.75 Å². The van der Waals surface area contributed by atoms with Crippen LogP contribution in [0.1, 0.15) is 52.9 Å². The van der Waals surface area contributed by atoms with Gasteiger partial charge in [-0.3, -0.25) is 0 Å². The van der Waals surface area contributed by atoms with E-state index in [4.69, 9.17) is 10.5 Å². The third-order valence-corrected chi connectivity index (χ3v) is 4.80. The second-order valence-corrected chi connectivity index (χ2v) is 6.70. The minimum absolute atomic E-state index is 0.541. The van der Waals surface area contributed by atoms with Crippen molar-refractivity contribution in [3.05, 3.63) is 0 Å². The standard InChI is InChI=1S/C15H27N3OS/c1-4-19-13-14(16)17-20-15(13)18(10-9-11(2)3)12-7-5-6-8-12/h11-12H,4-10H2,1-3H3,(H2,16,17). The normalized spacial score (nSPS) is 16.0. The fraction of sp³-hybridized carbons (Fsp3) is 0.800. The number of nitrogens with zero attached hydrogens (tertiary/aromatic N) is 2. The van der Waals surface area contributed by atoms with E-state index in [1.54, 1.807) is 0 Å². The molecule has 0 aliphatic heterocycles. The first kappa shape index (κ1) is 15.4. The smallest absolute Gasteiger partial charge is 0.197 e. The molecule has 0 aromatic carbocycles. The van der Waals surface area contributed by atoms with Crippen LogP contribution >= 0.6 is 11.5 Å². The summed E-state index contributed by atoms with van der Waals surface area (Å²) in [5, 5.41) is 1.14. The third-order valence-electron chi connectivity index (χ3n) is 3.92. The van der Waals surface area contributed by atoms with E-state index in [9.17, 15) is 0 Å². The van der Waals surface area contributed by atoms with Crippen molar-refractivity contribution in [3.63, 3.8) is 0 Å². The minimum Gasteiger partial charge on any atom is -0.487 e. The number of nitrogens with two attached hydrogens (primary N) is 1. The number of rotatable bonds is 7. The summed E-state index contributed by atoms with van der Waals surface area (Å²) in [6, 6.07) is 0.632. The Morgan fingerprint density at radius 1 is 1.40 bits per heavy atom.